The van der Waals surface area contributed by atoms with Gasteiger partial charge in [0.05, 0.1) is 22.8 Å². The van der Waals surface area contributed by atoms with E-state index < -0.39 is 0 Å². The Balaban J connectivity index is 1.73. The molecule has 146 valence electrons. The highest BCUT2D eigenvalue weighted by molar-refractivity contribution is 6.35. The minimum Gasteiger partial charge on any atom is -0.493 e. The van der Waals surface area contributed by atoms with Crippen molar-refractivity contribution in [2.75, 3.05) is 12.4 Å². The summed E-state index contributed by atoms with van der Waals surface area (Å²) in [7, 11) is 1.59. The van der Waals surface area contributed by atoms with Crippen LogP contribution < -0.4 is 14.8 Å². The van der Waals surface area contributed by atoms with Crippen LogP contribution >= 0.6 is 34.8 Å². The van der Waals surface area contributed by atoms with Crippen LogP contribution in [0.15, 0.2) is 54.6 Å². The van der Waals surface area contributed by atoms with Gasteiger partial charge in [0.2, 0.25) is 0 Å². The van der Waals surface area contributed by atoms with Crippen LogP contribution in [-0.4, -0.2) is 7.11 Å². The Hall–Kier alpha value is -2.07. The Morgan fingerprint density at radius 2 is 1.61 bits per heavy atom. The number of ether oxygens (including phenoxy) is 2. The van der Waals surface area contributed by atoms with E-state index in [0.29, 0.717) is 39.7 Å². The molecule has 3 aromatic carbocycles. The standard InChI is InChI=1S/C22H20Cl3NO2/c1-14-3-5-15(6-4-14)13-28-22-19(25)9-16(10-21(22)27-2)12-26-20-11-17(23)7-8-18(20)24/h3-11,26H,12-13H2,1-2H3. The van der Waals surface area contributed by atoms with E-state index in [1.54, 1.807) is 25.3 Å². The molecule has 0 unspecified atom stereocenters. The first-order valence-corrected chi connectivity index (χ1v) is 9.83. The molecule has 0 saturated carbocycles. The van der Waals surface area contributed by atoms with Crippen LogP contribution in [0.2, 0.25) is 15.1 Å². The second-order valence-corrected chi connectivity index (χ2v) is 7.61. The molecule has 3 rings (SSSR count). The van der Waals surface area contributed by atoms with Crippen molar-refractivity contribution in [3.05, 3.63) is 86.4 Å². The average Bonchev–Trinajstić information content (AvgIpc) is 2.68. The predicted octanol–water partition coefficient (Wildman–Crippen LogP) is 7.15. The highest BCUT2D eigenvalue weighted by Crippen LogP contribution is 2.37. The topological polar surface area (TPSA) is 30.5 Å². The Kier molecular flexibility index (Phi) is 6.95. The molecule has 6 heteroatoms. The third-order valence-electron chi connectivity index (χ3n) is 4.20. The zero-order chi connectivity index (χ0) is 20.1. The lowest BCUT2D eigenvalue weighted by molar-refractivity contribution is 0.284. The second-order valence-electron chi connectivity index (χ2n) is 6.36. The van der Waals surface area contributed by atoms with Crippen molar-refractivity contribution in [2.24, 2.45) is 0 Å². The fourth-order valence-electron chi connectivity index (χ4n) is 2.69. The lowest BCUT2D eigenvalue weighted by Crippen LogP contribution is -2.03. The van der Waals surface area contributed by atoms with E-state index in [2.05, 4.69) is 5.32 Å². The molecule has 0 amide bonds. The fraction of sp³-hybridized carbons (Fsp3) is 0.182. The van der Waals surface area contributed by atoms with Gasteiger partial charge in [0, 0.05) is 11.6 Å². The Bertz CT molecular complexity index is 959. The van der Waals surface area contributed by atoms with Gasteiger partial charge >= 0.3 is 0 Å². The molecule has 0 atom stereocenters. The average molecular weight is 437 g/mol. The molecular weight excluding hydrogens is 417 g/mol. The van der Waals surface area contributed by atoms with Crippen LogP contribution in [0.3, 0.4) is 0 Å². The Morgan fingerprint density at radius 3 is 2.32 bits per heavy atom. The number of hydrogen-bond acceptors (Lipinski definition) is 3. The van der Waals surface area contributed by atoms with E-state index in [9.17, 15) is 0 Å². The van der Waals surface area contributed by atoms with Crippen molar-refractivity contribution in [2.45, 2.75) is 20.1 Å². The normalized spacial score (nSPS) is 10.6. The fourth-order valence-corrected chi connectivity index (χ4v) is 3.33. The number of nitrogens with one attached hydrogen (secondary N) is 1. The number of methoxy groups -OCH3 is 1. The number of anilines is 1. The van der Waals surface area contributed by atoms with Gasteiger partial charge < -0.3 is 14.8 Å². The smallest absolute Gasteiger partial charge is 0.180 e. The quantitative estimate of drug-likeness (QED) is 0.426. The molecule has 0 spiro atoms. The van der Waals surface area contributed by atoms with Crippen LogP contribution in [-0.2, 0) is 13.2 Å². The number of hydrogen-bond donors (Lipinski definition) is 1. The molecule has 1 N–H and O–H groups in total. The minimum atomic E-state index is 0.409. The van der Waals surface area contributed by atoms with Crippen molar-refractivity contribution in [3.8, 4) is 11.5 Å². The molecular formula is C22H20Cl3NO2. The molecule has 0 saturated heterocycles. The molecule has 28 heavy (non-hydrogen) atoms. The Labute approximate surface area is 180 Å². The van der Waals surface area contributed by atoms with Gasteiger partial charge in [-0.2, -0.15) is 0 Å². The highest BCUT2D eigenvalue weighted by Gasteiger charge is 2.13. The van der Waals surface area contributed by atoms with Crippen LogP contribution in [0.5, 0.6) is 11.5 Å². The van der Waals surface area contributed by atoms with Gasteiger partial charge in [-0.15, -0.1) is 0 Å². The number of halogens is 3. The lowest BCUT2D eigenvalue weighted by atomic mass is 10.1. The maximum atomic E-state index is 6.46. The molecule has 0 heterocycles. The molecule has 3 aromatic rings. The van der Waals surface area contributed by atoms with E-state index >= 15 is 0 Å². The molecule has 0 aromatic heterocycles. The molecule has 0 aliphatic rings. The highest BCUT2D eigenvalue weighted by atomic mass is 35.5. The third-order valence-corrected chi connectivity index (χ3v) is 5.05. The zero-order valence-corrected chi connectivity index (χ0v) is 17.8. The first-order chi connectivity index (χ1) is 13.5. The van der Waals surface area contributed by atoms with Crippen LogP contribution in [0, 0.1) is 6.92 Å². The van der Waals surface area contributed by atoms with Gasteiger partial charge in [0.25, 0.3) is 0 Å². The van der Waals surface area contributed by atoms with E-state index in [0.717, 1.165) is 16.8 Å². The zero-order valence-electron chi connectivity index (χ0n) is 15.6. The number of rotatable bonds is 7. The molecule has 0 aliphatic carbocycles. The van der Waals surface area contributed by atoms with Gasteiger partial charge in [-0.05, 0) is 48.4 Å². The molecule has 0 aliphatic heterocycles. The van der Waals surface area contributed by atoms with E-state index in [-0.39, 0.29) is 0 Å². The second kappa shape index (κ2) is 9.42. The summed E-state index contributed by atoms with van der Waals surface area (Å²) in [6.45, 7) is 2.97. The minimum absolute atomic E-state index is 0.409. The van der Waals surface area contributed by atoms with Crippen LogP contribution in [0.4, 0.5) is 5.69 Å². The summed E-state index contributed by atoms with van der Waals surface area (Å²) >= 11 is 18.7. The van der Waals surface area contributed by atoms with Crippen molar-refractivity contribution in [1.82, 2.24) is 0 Å². The van der Waals surface area contributed by atoms with Gasteiger partial charge in [-0.1, -0.05) is 64.6 Å². The van der Waals surface area contributed by atoms with Gasteiger partial charge in [-0.3, -0.25) is 0 Å². The summed E-state index contributed by atoms with van der Waals surface area (Å²) in [5, 5.41) is 4.96. The first-order valence-electron chi connectivity index (χ1n) is 8.70. The van der Waals surface area contributed by atoms with Crippen LogP contribution in [0.1, 0.15) is 16.7 Å². The number of benzene rings is 3. The lowest BCUT2D eigenvalue weighted by Gasteiger charge is -2.15. The van der Waals surface area contributed by atoms with Crippen molar-refractivity contribution >= 4 is 40.5 Å². The third kappa shape index (κ3) is 5.26. The summed E-state index contributed by atoms with van der Waals surface area (Å²) in [6.07, 6.45) is 0. The molecule has 0 radical (unpaired) electrons. The van der Waals surface area contributed by atoms with Crippen molar-refractivity contribution < 1.29 is 9.47 Å². The predicted molar refractivity (Wildman–Crippen MR) is 117 cm³/mol. The monoisotopic (exact) mass is 435 g/mol. The summed E-state index contributed by atoms with van der Waals surface area (Å²) in [4.78, 5) is 0. The van der Waals surface area contributed by atoms with Crippen LogP contribution in [0.25, 0.3) is 0 Å². The molecule has 0 bridgehead atoms. The molecule has 0 fully saturated rings. The van der Waals surface area contributed by atoms with E-state index in [1.165, 1.54) is 5.56 Å². The maximum absolute atomic E-state index is 6.46. The summed E-state index contributed by atoms with van der Waals surface area (Å²) in [5.41, 5.74) is 3.95. The van der Waals surface area contributed by atoms with E-state index in [4.69, 9.17) is 44.3 Å². The van der Waals surface area contributed by atoms with E-state index in [1.807, 2.05) is 43.3 Å². The summed E-state index contributed by atoms with van der Waals surface area (Å²) in [5.74, 6) is 1.10. The van der Waals surface area contributed by atoms with Gasteiger partial charge in [0.1, 0.15) is 6.61 Å². The SMILES string of the molecule is COc1cc(CNc2cc(Cl)ccc2Cl)cc(Cl)c1OCc1ccc(C)cc1. The number of aryl methyl sites for hydroxylation is 1. The summed E-state index contributed by atoms with van der Waals surface area (Å²) in [6, 6.07) is 17.2. The first kappa shape index (κ1) is 20.7. The van der Waals surface area contributed by atoms with Gasteiger partial charge in [0.15, 0.2) is 11.5 Å². The molecule has 3 nitrogen and oxygen atoms in total. The largest absolute Gasteiger partial charge is 0.493 e. The van der Waals surface area contributed by atoms with Gasteiger partial charge in [-0.25, -0.2) is 0 Å². The Morgan fingerprint density at radius 1 is 0.857 bits per heavy atom. The van der Waals surface area contributed by atoms with Crippen molar-refractivity contribution in [1.29, 1.82) is 0 Å². The van der Waals surface area contributed by atoms with Crippen molar-refractivity contribution in [3.63, 3.8) is 0 Å². The summed E-state index contributed by atoms with van der Waals surface area (Å²) < 4.78 is 11.4. The maximum Gasteiger partial charge on any atom is 0.180 e.